The van der Waals surface area contributed by atoms with Gasteiger partial charge in [-0.05, 0) is 46.9 Å². The van der Waals surface area contributed by atoms with Crippen LogP contribution in [0.25, 0.3) is 11.1 Å². The van der Waals surface area contributed by atoms with Crippen LogP contribution in [0, 0.1) is 5.41 Å². The van der Waals surface area contributed by atoms with Crippen LogP contribution < -0.4 is 0 Å². The first-order valence-electron chi connectivity index (χ1n) is 9.43. The van der Waals surface area contributed by atoms with Crippen LogP contribution in [-0.4, -0.2) is 41.9 Å². The molecule has 4 heteroatoms. The van der Waals surface area contributed by atoms with Crippen LogP contribution >= 0.6 is 0 Å². The average Bonchev–Trinajstić information content (AvgIpc) is 3.20. The predicted octanol–water partition coefficient (Wildman–Crippen LogP) is 3.78. The summed E-state index contributed by atoms with van der Waals surface area (Å²) in [5.74, 6) is 0.105. The molecule has 4 nitrogen and oxygen atoms in total. The minimum atomic E-state index is -0.217. The predicted molar refractivity (Wildman–Crippen MR) is 98.9 cm³/mol. The van der Waals surface area contributed by atoms with Gasteiger partial charge in [-0.25, -0.2) is 4.79 Å². The average molecular weight is 349 g/mol. The molecule has 0 atom stereocenters. The van der Waals surface area contributed by atoms with Gasteiger partial charge in [-0.2, -0.15) is 0 Å². The van der Waals surface area contributed by atoms with E-state index in [1.807, 2.05) is 17.0 Å². The second-order valence-electron chi connectivity index (χ2n) is 8.04. The normalized spacial score (nSPS) is 26.5. The van der Waals surface area contributed by atoms with Crippen LogP contribution in [0.4, 0.5) is 4.79 Å². The van der Waals surface area contributed by atoms with Crippen molar-refractivity contribution in [3.05, 3.63) is 59.7 Å². The molecule has 1 aliphatic heterocycles. The van der Waals surface area contributed by atoms with Crippen molar-refractivity contribution in [3.8, 4) is 11.1 Å². The van der Waals surface area contributed by atoms with E-state index >= 15 is 0 Å². The van der Waals surface area contributed by atoms with Gasteiger partial charge in [0.15, 0.2) is 0 Å². The maximum absolute atomic E-state index is 12.6. The zero-order valence-electron chi connectivity index (χ0n) is 14.7. The molecule has 1 heterocycles. The number of rotatable bonds is 2. The van der Waals surface area contributed by atoms with Gasteiger partial charge in [0.2, 0.25) is 0 Å². The lowest BCUT2D eigenvalue weighted by atomic mass is 9.66. The highest BCUT2D eigenvalue weighted by molar-refractivity contribution is 5.79. The summed E-state index contributed by atoms with van der Waals surface area (Å²) in [6.45, 7) is 1.84. The molecule has 134 valence electrons. The van der Waals surface area contributed by atoms with E-state index in [9.17, 15) is 9.90 Å². The summed E-state index contributed by atoms with van der Waals surface area (Å²) in [6, 6.07) is 16.8. The number of amides is 1. The van der Waals surface area contributed by atoms with Crippen LogP contribution in [0.3, 0.4) is 0 Å². The summed E-state index contributed by atoms with van der Waals surface area (Å²) in [4.78, 5) is 14.4. The fraction of sp³-hybridized carbons (Fsp3) is 0.409. The van der Waals surface area contributed by atoms with Crippen LogP contribution in [0.5, 0.6) is 0 Å². The van der Waals surface area contributed by atoms with Gasteiger partial charge >= 0.3 is 6.09 Å². The second-order valence-corrected chi connectivity index (χ2v) is 8.04. The monoisotopic (exact) mass is 349 g/mol. The summed E-state index contributed by atoms with van der Waals surface area (Å²) in [5, 5.41) is 9.60. The number of carbonyl (C=O) groups excluding carboxylic acids is 1. The van der Waals surface area contributed by atoms with Gasteiger partial charge in [-0.15, -0.1) is 0 Å². The van der Waals surface area contributed by atoms with Gasteiger partial charge < -0.3 is 14.7 Å². The summed E-state index contributed by atoms with van der Waals surface area (Å²) in [7, 11) is 0. The zero-order valence-corrected chi connectivity index (χ0v) is 14.7. The quantitative estimate of drug-likeness (QED) is 0.898. The first-order valence-corrected chi connectivity index (χ1v) is 9.43. The van der Waals surface area contributed by atoms with Crippen LogP contribution in [0.2, 0.25) is 0 Å². The molecule has 1 saturated carbocycles. The molecule has 0 bridgehead atoms. The summed E-state index contributed by atoms with van der Waals surface area (Å²) in [6.07, 6.45) is 2.22. The van der Waals surface area contributed by atoms with Gasteiger partial charge in [-0.3, -0.25) is 0 Å². The van der Waals surface area contributed by atoms with E-state index in [2.05, 4.69) is 36.4 Å². The summed E-state index contributed by atoms with van der Waals surface area (Å²) >= 11 is 0. The smallest absolute Gasteiger partial charge is 0.409 e. The van der Waals surface area contributed by atoms with Crippen molar-refractivity contribution in [2.45, 2.75) is 31.3 Å². The Morgan fingerprint density at radius 3 is 2.31 bits per heavy atom. The Labute approximate surface area is 153 Å². The number of hydrogen-bond acceptors (Lipinski definition) is 3. The van der Waals surface area contributed by atoms with Gasteiger partial charge in [0.25, 0.3) is 0 Å². The molecule has 26 heavy (non-hydrogen) atoms. The number of likely N-dealkylation sites (tertiary alicyclic amines) is 1. The van der Waals surface area contributed by atoms with Crippen LogP contribution in [0.15, 0.2) is 48.5 Å². The molecular weight excluding hydrogens is 326 g/mol. The Morgan fingerprint density at radius 2 is 1.69 bits per heavy atom. The Bertz CT molecular complexity index is 810. The first kappa shape index (κ1) is 15.9. The van der Waals surface area contributed by atoms with E-state index in [0.717, 1.165) is 32.4 Å². The number of aliphatic hydroxyl groups is 1. The van der Waals surface area contributed by atoms with E-state index in [1.54, 1.807) is 0 Å². The maximum Gasteiger partial charge on any atom is 0.409 e. The van der Waals surface area contributed by atoms with Crippen molar-refractivity contribution in [3.63, 3.8) is 0 Å². The third kappa shape index (κ3) is 2.43. The number of benzene rings is 2. The van der Waals surface area contributed by atoms with Crippen molar-refractivity contribution >= 4 is 6.09 Å². The first-order chi connectivity index (χ1) is 12.7. The summed E-state index contributed by atoms with van der Waals surface area (Å²) in [5.41, 5.74) is 5.11. The molecule has 3 aliphatic rings. The molecule has 1 N–H and O–H groups in total. The van der Waals surface area contributed by atoms with Gasteiger partial charge in [0, 0.05) is 19.0 Å². The van der Waals surface area contributed by atoms with Crippen molar-refractivity contribution in [1.29, 1.82) is 0 Å². The van der Waals surface area contributed by atoms with Gasteiger partial charge in [-0.1, -0.05) is 48.5 Å². The largest absolute Gasteiger partial charge is 0.448 e. The third-order valence-electron chi connectivity index (χ3n) is 6.37. The highest BCUT2D eigenvalue weighted by atomic mass is 16.6. The van der Waals surface area contributed by atoms with E-state index < -0.39 is 0 Å². The van der Waals surface area contributed by atoms with Gasteiger partial charge in [0.1, 0.15) is 6.61 Å². The second kappa shape index (κ2) is 5.85. The minimum absolute atomic E-state index is 0.105. The molecule has 1 amide bonds. The Kier molecular flexibility index (Phi) is 3.57. The molecule has 2 fully saturated rings. The summed E-state index contributed by atoms with van der Waals surface area (Å²) < 4.78 is 5.74. The minimum Gasteiger partial charge on any atom is -0.448 e. The molecule has 2 aliphatic carbocycles. The Morgan fingerprint density at radius 1 is 1.08 bits per heavy atom. The molecule has 0 radical (unpaired) electrons. The highest BCUT2D eigenvalue weighted by Gasteiger charge is 2.49. The standard InChI is InChI=1S/C22H23NO3/c24-15-11-22(12-15)9-10-23(14-22)21(25)26-13-20-18-7-3-1-5-16(18)17-6-2-4-8-19(17)20/h1-8,15,20,24H,9-14H2. The number of nitrogens with zero attached hydrogens (tertiary/aromatic N) is 1. The lowest BCUT2D eigenvalue weighted by Gasteiger charge is -2.42. The van der Waals surface area contributed by atoms with Crippen molar-refractivity contribution in [2.24, 2.45) is 5.41 Å². The number of hydrogen-bond donors (Lipinski definition) is 1. The molecule has 0 aromatic heterocycles. The topological polar surface area (TPSA) is 49.8 Å². The third-order valence-corrected chi connectivity index (χ3v) is 6.37. The van der Waals surface area contributed by atoms with E-state index in [0.29, 0.717) is 6.61 Å². The molecule has 1 spiro atoms. The van der Waals surface area contributed by atoms with Crippen molar-refractivity contribution in [2.75, 3.05) is 19.7 Å². The van der Waals surface area contributed by atoms with Crippen molar-refractivity contribution < 1.29 is 14.6 Å². The van der Waals surface area contributed by atoms with Crippen LogP contribution in [0.1, 0.15) is 36.3 Å². The molecule has 5 rings (SSSR count). The highest BCUT2D eigenvalue weighted by Crippen LogP contribution is 2.48. The zero-order chi connectivity index (χ0) is 17.7. The number of aliphatic hydroxyl groups excluding tert-OH is 1. The SMILES string of the molecule is O=C(OCC1c2ccccc2-c2ccccc21)N1CCC2(CC(O)C2)C1. The number of fused-ring (bicyclic) bond motifs is 3. The molecule has 0 unspecified atom stereocenters. The maximum atomic E-state index is 12.6. The lowest BCUT2D eigenvalue weighted by Crippen LogP contribution is -2.43. The Hall–Kier alpha value is -2.33. The molecule has 2 aromatic rings. The van der Waals surface area contributed by atoms with Crippen LogP contribution in [-0.2, 0) is 4.74 Å². The number of carbonyl (C=O) groups is 1. The van der Waals surface area contributed by atoms with Crippen molar-refractivity contribution in [1.82, 2.24) is 4.90 Å². The van der Waals surface area contributed by atoms with E-state index in [-0.39, 0.29) is 23.5 Å². The van der Waals surface area contributed by atoms with E-state index in [1.165, 1.54) is 22.3 Å². The fourth-order valence-corrected chi connectivity index (χ4v) is 5.05. The number of ether oxygens (including phenoxy) is 1. The fourth-order valence-electron chi connectivity index (χ4n) is 5.05. The van der Waals surface area contributed by atoms with Gasteiger partial charge in [0.05, 0.1) is 6.10 Å². The molecule has 2 aromatic carbocycles. The Balaban J connectivity index is 1.29. The molecular formula is C22H23NO3. The lowest BCUT2D eigenvalue weighted by molar-refractivity contribution is -0.0251. The molecule has 1 saturated heterocycles. The van der Waals surface area contributed by atoms with E-state index in [4.69, 9.17) is 4.74 Å².